The Morgan fingerprint density at radius 3 is 2.52 bits per heavy atom. The van der Waals surface area contributed by atoms with Crippen LogP contribution in [0.1, 0.15) is 6.42 Å². The van der Waals surface area contributed by atoms with E-state index in [9.17, 15) is 13.2 Å². The van der Waals surface area contributed by atoms with Crippen LogP contribution in [0.2, 0.25) is 0 Å². The first-order valence-electron chi connectivity index (χ1n) is 6.57. The Balaban J connectivity index is 2.23. The number of anilines is 2. The van der Waals surface area contributed by atoms with Gasteiger partial charge in [-0.3, -0.25) is 4.79 Å². The van der Waals surface area contributed by atoms with Gasteiger partial charge in [0.25, 0.3) is 0 Å². The van der Waals surface area contributed by atoms with Crippen molar-refractivity contribution in [3.63, 3.8) is 0 Å². The molecule has 0 aliphatic carbocycles. The number of nitrogens with one attached hydrogen (secondary N) is 1. The van der Waals surface area contributed by atoms with Crippen LogP contribution < -0.4 is 11.1 Å². The predicted octanol–water partition coefficient (Wildman–Crippen LogP) is 0.162. The molecule has 1 aliphatic rings. The van der Waals surface area contributed by atoms with Crippen molar-refractivity contribution in [1.82, 2.24) is 9.21 Å². The van der Waals surface area contributed by atoms with E-state index in [0.29, 0.717) is 24.3 Å². The number of hydrogen-bond donors (Lipinski definition) is 2. The summed E-state index contributed by atoms with van der Waals surface area (Å²) in [6, 6.07) is 4.17. The minimum absolute atomic E-state index is 0.0133. The maximum atomic E-state index is 12.0. The first-order valence-corrected chi connectivity index (χ1v) is 8.01. The molecule has 7 nitrogen and oxygen atoms in total. The Morgan fingerprint density at radius 2 is 2.05 bits per heavy atom. The molecule has 1 fully saturated rings. The largest absolute Gasteiger partial charge is 0.397 e. The molecule has 116 valence electrons. The number of carbonyl (C=O) groups excluding carboxylic acids is 1. The molecule has 1 aromatic rings. The topological polar surface area (TPSA) is 95.7 Å². The van der Waals surface area contributed by atoms with E-state index in [1.807, 2.05) is 0 Å². The molecule has 1 heterocycles. The van der Waals surface area contributed by atoms with E-state index in [1.165, 1.54) is 26.2 Å². The second-order valence-corrected chi connectivity index (χ2v) is 7.43. The molecule has 1 aliphatic heterocycles. The van der Waals surface area contributed by atoms with Gasteiger partial charge in [0.1, 0.15) is 6.04 Å². The Labute approximate surface area is 124 Å². The van der Waals surface area contributed by atoms with Crippen molar-refractivity contribution in [3.8, 4) is 0 Å². The van der Waals surface area contributed by atoms with Crippen molar-refractivity contribution in [2.45, 2.75) is 17.4 Å². The highest BCUT2D eigenvalue weighted by Gasteiger charge is 2.29. The van der Waals surface area contributed by atoms with E-state index < -0.39 is 10.0 Å². The third-order valence-corrected chi connectivity index (χ3v) is 5.37. The van der Waals surface area contributed by atoms with Crippen molar-refractivity contribution in [2.24, 2.45) is 0 Å². The maximum absolute atomic E-state index is 12.0. The van der Waals surface area contributed by atoms with E-state index in [-0.39, 0.29) is 16.8 Å². The van der Waals surface area contributed by atoms with Crippen LogP contribution in [-0.2, 0) is 14.8 Å². The summed E-state index contributed by atoms with van der Waals surface area (Å²) in [6.45, 7) is 0.698. The van der Waals surface area contributed by atoms with Crippen LogP contribution in [0.15, 0.2) is 23.1 Å². The van der Waals surface area contributed by atoms with Crippen molar-refractivity contribution < 1.29 is 13.2 Å². The van der Waals surface area contributed by atoms with Crippen LogP contribution in [-0.4, -0.2) is 57.3 Å². The second kappa shape index (κ2) is 5.53. The second-order valence-electron chi connectivity index (χ2n) is 5.28. The van der Waals surface area contributed by atoms with E-state index in [1.54, 1.807) is 18.0 Å². The highest BCUT2D eigenvalue weighted by molar-refractivity contribution is 7.89. The summed E-state index contributed by atoms with van der Waals surface area (Å²) in [5.74, 6) is 0.0133. The lowest BCUT2D eigenvalue weighted by Crippen LogP contribution is -2.31. The van der Waals surface area contributed by atoms with Gasteiger partial charge in [0.05, 0.1) is 16.3 Å². The van der Waals surface area contributed by atoms with Crippen molar-refractivity contribution in [1.29, 1.82) is 0 Å². The number of nitrogens with two attached hydrogens (primary N) is 1. The zero-order chi connectivity index (χ0) is 15.8. The number of rotatable bonds is 4. The van der Waals surface area contributed by atoms with E-state index in [4.69, 9.17) is 5.73 Å². The Bertz CT molecular complexity index is 657. The molecule has 0 bridgehead atoms. The average Bonchev–Trinajstić information content (AvgIpc) is 2.72. The highest BCUT2D eigenvalue weighted by atomic mass is 32.2. The monoisotopic (exact) mass is 312 g/mol. The Morgan fingerprint density at radius 1 is 1.38 bits per heavy atom. The van der Waals surface area contributed by atoms with Gasteiger partial charge in [-0.2, -0.15) is 0 Å². The lowest BCUT2D eigenvalue weighted by Gasteiger charge is -2.17. The molecule has 8 heteroatoms. The molecule has 1 amide bonds. The number of likely N-dealkylation sites (tertiary alicyclic amines) is 1. The number of sulfonamides is 1. The van der Waals surface area contributed by atoms with Crippen LogP contribution in [0.25, 0.3) is 0 Å². The highest BCUT2D eigenvalue weighted by Crippen LogP contribution is 2.26. The SMILES string of the molecule is CN1CCC(Nc2ccc(S(=O)(=O)N(C)C)cc2N)C1=O. The number of hydrogen-bond acceptors (Lipinski definition) is 5. The lowest BCUT2D eigenvalue weighted by atomic mass is 10.2. The number of benzene rings is 1. The summed E-state index contributed by atoms with van der Waals surface area (Å²) < 4.78 is 25.2. The lowest BCUT2D eigenvalue weighted by molar-refractivity contribution is -0.127. The molecule has 1 saturated heterocycles. The van der Waals surface area contributed by atoms with Crippen molar-refractivity contribution in [3.05, 3.63) is 18.2 Å². The van der Waals surface area contributed by atoms with Crippen LogP contribution in [0.4, 0.5) is 11.4 Å². The van der Waals surface area contributed by atoms with Gasteiger partial charge >= 0.3 is 0 Å². The molecule has 1 aromatic carbocycles. The Kier molecular flexibility index (Phi) is 4.11. The number of carbonyl (C=O) groups is 1. The zero-order valence-electron chi connectivity index (χ0n) is 12.3. The quantitative estimate of drug-likeness (QED) is 0.772. The molecule has 0 aromatic heterocycles. The van der Waals surface area contributed by atoms with Crippen LogP contribution in [0, 0.1) is 0 Å². The summed E-state index contributed by atoms with van der Waals surface area (Å²) in [7, 11) is 1.16. The predicted molar refractivity (Wildman–Crippen MR) is 81.4 cm³/mol. The molecule has 2 rings (SSSR count). The van der Waals surface area contributed by atoms with Gasteiger partial charge in [0.2, 0.25) is 15.9 Å². The third kappa shape index (κ3) is 2.96. The van der Waals surface area contributed by atoms with Gasteiger partial charge in [-0.25, -0.2) is 12.7 Å². The van der Waals surface area contributed by atoms with Crippen molar-refractivity contribution in [2.75, 3.05) is 38.7 Å². The number of nitrogens with zero attached hydrogens (tertiary/aromatic N) is 2. The molecule has 0 saturated carbocycles. The average molecular weight is 312 g/mol. The fraction of sp³-hybridized carbons (Fsp3) is 0.462. The molecule has 0 radical (unpaired) electrons. The molecular formula is C13H20N4O3S. The van der Waals surface area contributed by atoms with Crippen molar-refractivity contribution >= 4 is 27.3 Å². The standard InChI is InChI=1S/C13H20N4O3S/c1-16(2)21(19,20)9-4-5-11(10(14)8-9)15-12-6-7-17(3)13(12)18/h4-5,8,12,15H,6-7,14H2,1-3H3. The third-order valence-electron chi connectivity index (χ3n) is 3.56. The van der Waals surface area contributed by atoms with E-state index in [0.717, 1.165) is 4.31 Å². The van der Waals surface area contributed by atoms with Gasteiger partial charge < -0.3 is 16.0 Å². The number of amides is 1. The zero-order valence-corrected chi connectivity index (χ0v) is 13.1. The minimum atomic E-state index is -3.51. The van der Waals surface area contributed by atoms with Gasteiger partial charge in [-0.1, -0.05) is 0 Å². The molecule has 1 atom stereocenters. The summed E-state index contributed by atoms with van der Waals surface area (Å²) in [4.78, 5) is 13.6. The smallest absolute Gasteiger partial charge is 0.244 e. The normalized spacial score (nSPS) is 19.3. The van der Waals surface area contributed by atoms with Gasteiger partial charge in [0.15, 0.2) is 0 Å². The summed E-state index contributed by atoms with van der Waals surface area (Å²) >= 11 is 0. The molecule has 3 N–H and O–H groups in total. The van der Waals surface area contributed by atoms with E-state index >= 15 is 0 Å². The molecular weight excluding hydrogens is 292 g/mol. The summed E-state index contributed by atoms with van der Waals surface area (Å²) in [5.41, 5.74) is 6.78. The fourth-order valence-corrected chi connectivity index (χ4v) is 3.13. The molecule has 1 unspecified atom stereocenters. The molecule has 21 heavy (non-hydrogen) atoms. The minimum Gasteiger partial charge on any atom is -0.397 e. The van der Waals surface area contributed by atoms with Crippen LogP contribution >= 0.6 is 0 Å². The van der Waals surface area contributed by atoms with Crippen LogP contribution in [0.3, 0.4) is 0 Å². The number of nitrogen functional groups attached to an aromatic ring is 1. The maximum Gasteiger partial charge on any atom is 0.244 e. The number of likely N-dealkylation sites (N-methyl/N-ethyl adjacent to an activating group) is 1. The Hall–Kier alpha value is -1.80. The van der Waals surface area contributed by atoms with Crippen LogP contribution in [0.5, 0.6) is 0 Å². The fourth-order valence-electron chi connectivity index (χ4n) is 2.19. The first-order chi connectivity index (χ1) is 9.73. The van der Waals surface area contributed by atoms with Gasteiger partial charge in [-0.05, 0) is 24.6 Å². The van der Waals surface area contributed by atoms with Gasteiger partial charge in [-0.15, -0.1) is 0 Å². The summed E-state index contributed by atoms with van der Waals surface area (Å²) in [6.07, 6.45) is 0.701. The first kappa shape index (κ1) is 15.6. The molecule has 0 spiro atoms. The van der Waals surface area contributed by atoms with E-state index in [2.05, 4.69) is 5.32 Å². The van der Waals surface area contributed by atoms with Gasteiger partial charge in [0, 0.05) is 27.7 Å². The summed E-state index contributed by atoms with van der Waals surface area (Å²) in [5, 5.41) is 3.07.